The molecule has 0 aliphatic carbocycles. The third kappa shape index (κ3) is 14.5. The maximum Gasteiger partial charge on any atom is 0.326 e. The Labute approximate surface area is 358 Å². The minimum atomic E-state index is -1.15. The molecule has 15 nitrogen and oxygen atoms in total. The van der Waals surface area contributed by atoms with E-state index in [1.165, 1.54) is 19.1 Å². The van der Waals surface area contributed by atoms with Gasteiger partial charge in [0.25, 0.3) is 0 Å². The number of likely N-dealkylation sites (tertiary alicyclic amines) is 1. The molecule has 9 atom stereocenters. The molecule has 1 heterocycles. The number of ether oxygens (including phenoxy) is 2. The number of amides is 5. The highest BCUT2D eigenvalue weighted by molar-refractivity contribution is 5.92. The van der Waals surface area contributed by atoms with E-state index in [0.717, 1.165) is 18.4 Å². The first-order valence-corrected chi connectivity index (χ1v) is 21.8. The molecule has 1 aromatic rings. The summed E-state index contributed by atoms with van der Waals surface area (Å²) >= 11 is 0. The maximum atomic E-state index is 14.5. The van der Waals surface area contributed by atoms with Crippen LogP contribution in [0.25, 0.3) is 0 Å². The lowest BCUT2D eigenvalue weighted by molar-refractivity contribution is -0.149. The monoisotopic (exact) mass is 845 g/mol. The Bertz CT molecular complexity index is 1530. The molecule has 0 spiro atoms. The van der Waals surface area contributed by atoms with E-state index < -0.39 is 66.1 Å². The van der Waals surface area contributed by atoms with Crippen LogP contribution in [-0.4, -0.2) is 139 Å². The molecule has 5 amide bonds. The molecule has 1 aliphatic rings. The van der Waals surface area contributed by atoms with Crippen molar-refractivity contribution in [3.63, 3.8) is 0 Å². The quantitative estimate of drug-likeness (QED) is 0.0994. The highest BCUT2D eigenvalue weighted by atomic mass is 16.5. The number of nitrogens with zero attached hydrogens (tertiary/aromatic N) is 3. The lowest BCUT2D eigenvalue weighted by atomic mass is 9.89. The topological polar surface area (TPSA) is 201 Å². The van der Waals surface area contributed by atoms with Crippen LogP contribution in [0.4, 0.5) is 0 Å². The molecule has 2 rings (SSSR count). The van der Waals surface area contributed by atoms with E-state index in [0.29, 0.717) is 45.2 Å². The number of carboxylic acids is 1. The number of likely N-dealkylation sites (N-methyl/N-ethyl adjacent to an activating group) is 2. The molecule has 0 aromatic heterocycles. The average molecular weight is 845 g/mol. The number of nitrogens with one attached hydrogen (secondary N) is 2. The van der Waals surface area contributed by atoms with Crippen molar-refractivity contribution in [2.24, 2.45) is 29.4 Å². The van der Waals surface area contributed by atoms with Crippen molar-refractivity contribution in [2.75, 3.05) is 41.4 Å². The Morgan fingerprint density at radius 3 is 2.07 bits per heavy atom. The number of carbonyl (C=O) groups excluding carboxylic acids is 5. The molecular weight excluding hydrogens is 769 g/mol. The van der Waals surface area contributed by atoms with E-state index in [2.05, 4.69) is 10.6 Å². The van der Waals surface area contributed by atoms with Gasteiger partial charge in [0.1, 0.15) is 18.1 Å². The number of methoxy groups -OCH3 is 2. The molecular formula is C45H76N6O9. The molecule has 1 fully saturated rings. The van der Waals surface area contributed by atoms with Crippen molar-refractivity contribution in [3.8, 4) is 0 Å². The number of hydrogen-bond acceptors (Lipinski definition) is 9. The van der Waals surface area contributed by atoms with Gasteiger partial charge in [-0.05, 0) is 55.5 Å². The van der Waals surface area contributed by atoms with E-state index in [-0.39, 0.29) is 48.3 Å². The summed E-state index contributed by atoms with van der Waals surface area (Å²) in [6.07, 6.45) is 3.21. The highest BCUT2D eigenvalue weighted by Crippen LogP contribution is 2.30. The fourth-order valence-corrected chi connectivity index (χ4v) is 8.49. The van der Waals surface area contributed by atoms with E-state index in [1.54, 1.807) is 43.0 Å². The maximum absolute atomic E-state index is 14.5. The number of rotatable bonds is 26. The second-order valence-electron chi connectivity index (χ2n) is 17.2. The highest BCUT2D eigenvalue weighted by Gasteiger charge is 2.43. The fraction of sp³-hybridized carbons (Fsp3) is 0.733. The molecule has 1 aliphatic heterocycles. The third-order valence-corrected chi connectivity index (χ3v) is 12.2. The zero-order chi connectivity index (χ0) is 45.3. The molecule has 1 aromatic carbocycles. The largest absolute Gasteiger partial charge is 0.480 e. The number of carboxylic acid groups (broad SMARTS) is 1. The van der Waals surface area contributed by atoms with Crippen molar-refractivity contribution in [2.45, 2.75) is 149 Å². The number of hydrogen-bond donors (Lipinski definition) is 4. The van der Waals surface area contributed by atoms with Gasteiger partial charge in [0.2, 0.25) is 29.5 Å². The van der Waals surface area contributed by atoms with Crippen LogP contribution in [0.3, 0.4) is 0 Å². The van der Waals surface area contributed by atoms with Gasteiger partial charge in [-0.25, -0.2) is 4.79 Å². The van der Waals surface area contributed by atoms with E-state index in [9.17, 15) is 33.9 Å². The van der Waals surface area contributed by atoms with Gasteiger partial charge >= 0.3 is 5.97 Å². The summed E-state index contributed by atoms with van der Waals surface area (Å²) in [6.45, 7) is 14.1. The molecule has 0 radical (unpaired) electrons. The fourth-order valence-electron chi connectivity index (χ4n) is 8.49. The van der Waals surface area contributed by atoms with E-state index in [1.807, 2.05) is 59.7 Å². The normalized spacial score (nSPS) is 18.2. The van der Waals surface area contributed by atoms with Crippen molar-refractivity contribution in [1.29, 1.82) is 0 Å². The van der Waals surface area contributed by atoms with Crippen LogP contribution in [0.5, 0.6) is 0 Å². The summed E-state index contributed by atoms with van der Waals surface area (Å²) in [7, 11) is 6.31. The zero-order valence-corrected chi connectivity index (χ0v) is 38.1. The van der Waals surface area contributed by atoms with Crippen LogP contribution in [0.2, 0.25) is 0 Å². The summed E-state index contributed by atoms with van der Waals surface area (Å²) < 4.78 is 11.9. The SMILES string of the molecule is CCC(C)C(C(CC(=O)N1CCCC1C(OC)C(C)C(=O)NC(Cc1ccccc1)C(=O)O)OC)N(C)C(=O)C(NC(=O)C(C(C)C)N(C)C(=O)CCCCCN)C(C)C. The first-order valence-electron chi connectivity index (χ1n) is 21.8. The summed E-state index contributed by atoms with van der Waals surface area (Å²) in [5.41, 5.74) is 6.38. The van der Waals surface area contributed by atoms with Crippen LogP contribution < -0.4 is 16.4 Å². The molecule has 15 heteroatoms. The minimum absolute atomic E-state index is 0.0544. The smallest absolute Gasteiger partial charge is 0.326 e. The second kappa shape index (κ2) is 25.6. The van der Waals surface area contributed by atoms with Gasteiger partial charge in [0.15, 0.2) is 0 Å². The van der Waals surface area contributed by atoms with Crippen molar-refractivity contribution in [1.82, 2.24) is 25.3 Å². The predicted molar refractivity (Wildman–Crippen MR) is 232 cm³/mol. The number of benzene rings is 1. The Morgan fingerprint density at radius 2 is 1.53 bits per heavy atom. The van der Waals surface area contributed by atoms with E-state index >= 15 is 0 Å². The van der Waals surface area contributed by atoms with Gasteiger partial charge in [0, 0.05) is 47.7 Å². The Hall–Kier alpha value is -4.08. The molecule has 5 N–H and O–H groups in total. The van der Waals surface area contributed by atoms with Gasteiger partial charge < -0.3 is 45.6 Å². The summed E-state index contributed by atoms with van der Waals surface area (Å²) in [4.78, 5) is 86.2. The van der Waals surface area contributed by atoms with Gasteiger partial charge in [0.05, 0.1) is 36.6 Å². The number of carbonyl (C=O) groups is 6. The van der Waals surface area contributed by atoms with Gasteiger partial charge in [-0.1, -0.05) is 91.6 Å². The summed E-state index contributed by atoms with van der Waals surface area (Å²) in [5, 5.41) is 15.6. The van der Waals surface area contributed by atoms with Crippen LogP contribution >= 0.6 is 0 Å². The van der Waals surface area contributed by atoms with Crippen LogP contribution in [0.1, 0.15) is 105 Å². The molecule has 1 saturated heterocycles. The lowest BCUT2D eigenvalue weighted by Crippen LogP contribution is -2.60. The number of nitrogens with two attached hydrogens (primary N) is 1. The van der Waals surface area contributed by atoms with E-state index in [4.69, 9.17) is 15.2 Å². The molecule has 60 heavy (non-hydrogen) atoms. The van der Waals surface area contributed by atoms with Gasteiger partial charge in [-0.2, -0.15) is 0 Å². The van der Waals surface area contributed by atoms with Crippen molar-refractivity contribution < 1.29 is 43.3 Å². The standard InChI is InChI=1S/C45H76N6O9/c1-12-30(6)40(50(9)44(56)38(28(2)3)48-43(55)39(29(4)5)49(8)36(52)23-17-14-18-24-46)35(59-10)27-37(53)51-25-19-22-34(51)41(60-11)31(7)42(54)47-33(45(57)58)26-32-20-15-13-16-21-32/h13,15-16,20-21,28-31,33-35,38-41H,12,14,17-19,22-27,46H2,1-11H3,(H,47,54)(H,48,55)(H,57,58). The zero-order valence-electron chi connectivity index (χ0n) is 38.1. The molecule has 9 unspecified atom stereocenters. The van der Waals surface area contributed by atoms with Crippen LogP contribution in [0.15, 0.2) is 30.3 Å². The Kier molecular flexibility index (Phi) is 22.2. The number of aliphatic carboxylic acids is 1. The summed E-state index contributed by atoms with van der Waals surface area (Å²) in [6, 6.07) is 5.22. The van der Waals surface area contributed by atoms with Gasteiger partial charge in [-0.15, -0.1) is 0 Å². The number of unbranched alkanes of at least 4 members (excludes halogenated alkanes) is 2. The Balaban J connectivity index is 2.27. The summed E-state index contributed by atoms with van der Waals surface area (Å²) in [5.74, 6) is -4.14. The van der Waals surface area contributed by atoms with Crippen LogP contribution in [0, 0.1) is 23.7 Å². The first-order chi connectivity index (χ1) is 28.4. The molecule has 0 saturated carbocycles. The lowest BCUT2D eigenvalue weighted by Gasteiger charge is -2.41. The second-order valence-corrected chi connectivity index (χ2v) is 17.2. The van der Waals surface area contributed by atoms with Crippen molar-refractivity contribution in [3.05, 3.63) is 35.9 Å². The van der Waals surface area contributed by atoms with Crippen LogP contribution in [-0.2, 0) is 44.7 Å². The molecule has 340 valence electrons. The molecule has 0 bridgehead atoms. The first kappa shape index (κ1) is 52.1. The van der Waals surface area contributed by atoms with Crippen molar-refractivity contribution >= 4 is 35.5 Å². The van der Waals surface area contributed by atoms with Gasteiger partial charge in [-0.3, -0.25) is 24.0 Å². The third-order valence-electron chi connectivity index (χ3n) is 12.2. The minimum Gasteiger partial charge on any atom is -0.480 e. The average Bonchev–Trinajstić information content (AvgIpc) is 3.70. The predicted octanol–water partition coefficient (Wildman–Crippen LogP) is 3.86. The Morgan fingerprint density at radius 1 is 0.883 bits per heavy atom.